The Kier molecular flexibility index (Phi) is 4.55. The molecule has 1 atom stereocenters. The Morgan fingerprint density at radius 3 is 3.04 bits per heavy atom. The molecule has 7 heteroatoms. The van der Waals surface area contributed by atoms with Gasteiger partial charge in [-0.25, -0.2) is 0 Å². The number of hydrogen-bond donors (Lipinski definition) is 0. The molecule has 3 aromatic rings. The third-order valence-electron chi connectivity index (χ3n) is 4.30. The van der Waals surface area contributed by atoms with Gasteiger partial charge in [0.2, 0.25) is 5.91 Å². The fraction of sp³-hybridized carbons (Fsp3) is 0.278. The number of amides is 1. The summed E-state index contributed by atoms with van der Waals surface area (Å²) in [7, 11) is 0. The fourth-order valence-corrected chi connectivity index (χ4v) is 3.89. The van der Waals surface area contributed by atoms with Crippen LogP contribution in [0.1, 0.15) is 23.0 Å². The molecular weight excluding hydrogens is 358 g/mol. The second-order valence-corrected chi connectivity index (χ2v) is 7.51. The van der Waals surface area contributed by atoms with Crippen molar-refractivity contribution in [3.8, 4) is 11.5 Å². The van der Waals surface area contributed by atoms with Gasteiger partial charge < -0.3 is 9.42 Å². The maximum Gasteiger partial charge on any atom is 0.257 e. The van der Waals surface area contributed by atoms with Gasteiger partial charge in [0.05, 0.1) is 0 Å². The normalized spacial score (nSPS) is 17.4. The van der Waals surface area contributed by atoms with Gasteiger partial charge in [-0.05, 0) is 36.1 Å². The molecule has 4 rings (SSSR count). The number of thiophene rings is 1. The molecule has 0 N–H and O–H groups in total. The highest BCUT2D eigenvalue weighted by Crippen LogP contribution is 2.29. The predicted octanol–water partition coefficient (Wildman–Crippen LogP) is 4.01. The van der Waals surface area contributed by atoms with Crippen molar-refractivity contribution in [3.05, 3.63) is 57.5 Å². The van der Waals surface area contributed by atoms with Gasteiger partial charge in [-0.2, -0.15) is 4.98 Å². The summed E-state index contributed by atoms with van der Waals surface area (Å²) in [5.41, 5.74) is 0.783. The number of aromatic nitrogens is 2. The van der Waals surface area contributed by atoms with Crippen molar-refractivity contribution in [1.82, 2.24) is 15.0 Å². The van der Waals surface area contributed by atoms with Crippen molar-refractivity contribution < 1.29 is 9.32 Å². The van der Waals surface area contributed by atoms with Crippen molar-refractivity contribution in [1.29, 1.82) is 0 Å². The zero-order chi connectivity index (χ0) is 17.2. The molecule has 1 fully saturated rings. The molecule has 2 aromatic heterocycles. The monoisotopic (exact) mass is 373 g/mol. The number of likely N-dealkylation sites (tertiary alicyclic amines) is 1. The Morgan fingerprint density at radius 2 is 2.24 bits per heavy atom. The van der Waals surface area contributed by atoms with Crippen LogP contribution in [0.5, 0.6) is 0 Å². The highest BCUT2D eigenvalue weighted by atomic mass is 35.5. The van der Waals surface area contributed by atoms with Gasteiger partial charge in [0.1, 0.15) is 0 Å². The van der Waals surface area contributed by atoms with Crippen LogP contribution in [0.25, 0.3) is 11.5 Å². The molecule has 0 aliphatic carbocycles. The zero-order valence-corrected chi connectivity index (χ0v) is 15.0. The largest absolute Gasteiger partial charge is 0.342 e. The first-order valence-electron chi connectivity index (χ1n) is 8.09. The third-order valence-corrected chi connectivity index (χ3v) is 5.47. The van der Waals surface area contributed by atoms with E-state index in [-0.39, 0.29) is 11.8 Å². The van der Waals surface area contributed by atoms with Crippen LogP contribution in [0, 0.1) is 0 Å². The molecule has 1 saturated heterocycles. The first kappa shape index (κ1) is 16.3. The molecule has 1 aliphatic heterocycles. The number of carbonyl (C=O) groups excluding carboxylic acids is 1. The third kappa shape index (κ3) is 3.60. The lowest BCUT2D eigenvalue weighted by Gasteiger charge is -2.15. The Bertz CT molecular complexity index is 878. The first-order valence-corrected chi connectivity index (χ1v) is 9.34. The SMILES string of the molecule is O=C1CC(c2noc(-c3cccc(Cl)c3)n2)CN1CCc1cccs1. The lowest BCUT2D eigenvalue weighted by molar-refractivity contribution is -0.127. The molecule has 0 saturated carbocycles. The van der Waals surface area contributed by atoms with Gasteiger partial charge in [-0.3, -0.25) is 4.79 Å². The van der Waals surface area contributed by atoms with Crippen LogP contribution in [0.4, 0.5) is 0 Å². The standard InChI is InChI=1S/C18H16ClN3O2S/c19-14-4-1-3-12(9-14)18-20-17(21-24-18)13-10-16(23)22(11-13)7-6-15-5-2-8-25-15/h1-5,8-9,13H,6-7,10-11H2. The van der Waals surface area contributed by atoms with Crippen molar-refractivity contribution in [3.63, 3.8) is 0 Å². The van der Waals surface area contributed by atoms with E-state index >= 15 is 0 Å². The smallest absolute Gasteiger partial charge is 0.257 e. The summed E-state index contributed by atoms with van der Waals surface area (Å²) < 4.78 is 5.36. The second kappa shape index (κ2) is 6.98. The topological polar surface area (TPSA) is 59.2 Å². The van der Waals surface area contributed by atoms with E-state index in [1.807, 2.05) is 23.1 Å². The Balaban J connectivity index is 1.43. The number of benzene rings is 1. The first-order chi connectivity index (χ1) is 12.2. The van der Waals surface area contributed by atoms with Crippen LogP contribution >= 0.6 is 22.9 Å². The summed E-state index contributed by atoms with van der Waals surface area (Å²) in [5, 5.41) is 6.75. The zero-order valence-electron chi connectivity index (χ0n) is 13.4. The molecule has 0 bridgehead atoms. The number of carbonyl (C=O) groups is 1. The van der Waals surface area contributed by atoms with Gasteiger partial charge in [0.25, 0.3) is 5.89 Å². The fourth-order valence-electron chi connectivity index (χ4n) is 3.00. The van der Waals surface area contributed by atoms with Crippen LogP contribution < -0.4 is 0 Å². The van der Waals surface area contributed by atoms with Crippen LogP contribution in [0.2, 0.25) is 5.02 Å². The Hall–Kier alpha value is -2.18. The highest BCUT2D eigenvalue weighted by molar-refractivity contribution is 7.09. The lowest BCUT2D eigenvalue weighted by atomic mass is 10.1. The molecule has 1 aliphatic rings. The second-order valence-electron chi connectivity index (χ2n) is 6.04. The summed E-state index contributed by atoms with van der Waals surface area (Å²) in [5.74, 6) is 1.15. The molecule has 25 heavy (non-hydrogen) atoms. The van der Waals surface area contributed by atoms with Gasteiger partial charge in [0.15, 0.2) is 5.82 Å². The van der Waals surface area contributed by atoms with E-state index < -0.39 is 0 Å². The van der Waals surface area contributed by atoms with Crippen LogP contribution in [-0.4, -0.2) is 34.0 Å². The predicted molar refractivity (Wildman–Crippen MR) is 96.7 cm³/mol. The Morgan fingerprint density at radius 1 is 1.32 bits per heavy atom. The van der Waals surface area contributed by atoms with E-state index in [1.165, 1.54) is 4.88 Å². The summed E-state index contributed by atoms with van der Waals surface area (Å²) >= 11 is 7.72. The maximum absolute atomic E-state index is 12.3. The van der Waals surface area contributed by atoms with Crippen LogP contribution in [0.3, 0.4) is 0 Å². The van der Waals surface area contributed by atoms with Gasteiger partial charge >= 0.3 is 0 Å². The average molecular weight is 374 g/mol. The summed E-state index contributed by atoms with van der Waals surface area (Å²) in [4.78, 5) is 19.9. The van der Waals surface area contributed by atoms with Gasteiger partial charge in [-0.1, -0.05) is 28.9 Å². The molecule has 1 unspecified atom stereocenters. The lowest BCUT2D eigenvalue weighted by Crippen LogP contribution is -2.27. The minimum atomic E-state index is -0.0208. The van der Waals surface area contributed by atoms with E-state index in [9.17, 15) is 4.79 Å². The number of halogens is 1. The number of rotatable bonds is 5. The minimum absolute atomic E-state index is 0.0208. The Labute approximate surface area is 154 Å². The van der Waals surface area contributed by atoms with Gasteiger partial charge in [0, 0.05) is 40.9 Å². The molecule has 1 aromatic carbocycles. The van der Waals surface area contributed by atoms with E-state index in [0.29, 0.717) is 29.7 Å². The van der Waals surface area contributed by atoms with Crippen LogP contribution in [0.15, 0.2) is 46.3 Å². The summed E-state index contributed by atoms with van der Waals surface area (Å²) in [6, 6.07) is 11.4. The summed E-state index contributed by atoms with van der Waals surface area (Å²) in [6.45, 7) is 1.37. The van der Waals surface area contributed by atoms with E-state index in [4.69, 9.17) is 16.1 Å². The maximum atomic E-state index is 12.3. The molecule has 3 heterocycles. The van der Waals surface area contributed by atoms with Crippen LogP contribution in [-0.2, 0) is 11.2 Å². The molecule has 128 valence electrons. The molecule has 5 nitrogen and oxygen atoms in total. The van der Waals surface area contributed by atoms with E-state index in [1.54, 1.807) is 23.5 Å². The average Bonchev–Trinajstić information content (AvgIpc) is 3.34. The van der Waals surface area contributed by atoms with Crippen molar-refractivity contribution >= 4 is 28.8 Å². The molecule has 1 amide bonds. The molecular formula is C18H16ClN3O2S. The van der Waals surface area contributed by atoms with Gasteiger partial charge in [-0.15, -0.1) is 11.3 Å². The quantitative estimate of drug-likeness (QED) is 0.678. The minimum Gasteiger partial charge on any atom is -0.342 e. The molecule has 0 spiro atoms. The highest BCUT2D eigenvalue weighted by Gasteiger charge is 2.33. The van der Waals surface area contributed by atoms with E-state index in [0.717, 1.165) is 18.5 Å². The van der Waals surface area contributed by atoms with Crippen molar-refractivity contribution in [2.24, 2.45) is 0 Å². The number of hydrogen-bond acceptors (Lipinski definition) is 5. The van der Waals surface area contributed by atoms with Crippen molar-refractivity contribution in [2.75, 3.05) is 13.1 Å². The van der Waals surface area contributed by atoms with Crippen molar-refractivity contribution in [2.45, 2.75) is 18.8 Å². The summed E-state index contributed by atoms with van der Waals surface area (Å²) in [6.07, 6.45) is 1.31. The number of nitrogens with zero attached hydrogens (tertiary/aromatic N) is 3. The molecule has 0 radical (unpaired) electrons. The van der Waals surface area contributed by atoms with E-state index in [2.05, 4.69) is 21.6 Å².